The van der Waals surface area contributed by atoms with E-state index >= 15 is 0 Å². The van der Waals surface area contributed by atoms with Crippen molar-refractivity contribution in [2.24, 2.45) is 0 Å². The molecule has 6 nitrogen and oxygen atoms in total. The van der Waals surface area contributed by atoms with Crippen LogP contribution in [0.3, 0.4) is 0 Å². The van der Waals surface area contributed by atoms with E-state index < -0.39 is 0 Å². The van der Waals surface area contributed by atoms with Gasteiger partial charge in [0.05, 0.1) is 0 Å². The molecule has 48 heavy (non-hydrogen) atoms. The molecule has 1 aliphatic rings. The summed E-state index contributed by atoms with van der Waals surface area (Å²) in [6.45, 7) is 0. The zero-order valence-electron chi connectivity index (χ0n) is 25.9. The minimum absolute atomic E-state index is 0. The van der Waals surface area contributed by atoms with Crippen molar-refractivity contribution < 1.29 is 56.0 Å². The van der Waals surface area contributed by atoms with Crippen LogP contribution in [0.15, 0.2) is 128 Å². The maximum Gasteiger partial charge on any atom is 4.00 e. The van der Waals surface area contributed by atoms with Gasteiger partial charge >= 0.3 is 48.1 Å². The first kappa shape index (κ1) is 35.8. The van der Waals surface area contributed by atoms with Crippen LogP contribution in [-0.4, -0.2) is 38.8 Å². The maximum atomic E-state index is 6.57. The van der Waals surface area contributed by atoms with Gasteiger partial charge in [-0.05, 0) is 12.1 Å². The predicted molar refractivity (Wildman–Crippen MR) is 178 cm³/mol. The molecule has 0 N–H and O–H groups in total. The van der Waals surface area contributed by atoms with Crippen molar-refractivity contribution in [3.05, 3.63) is 165 Å². The van der Waals surface area contributed by atoms with Gasteiger partial charge in [-0.25, -0.2) is 24.2 Å². The van der Waals surface area contributed by atoms with E-state index in [1.807, 2.05) is 133 Å². The van der Waals surface area contributed by atoms with Gasteiger partial charge in [-0.1, -0.05) is 50.6 Å². The molecule has 0 unspecified atom stereocenters. The molecule has 8 heteroatoms. The standard InChI is InChI=1S/C34H23N4O.C6H4N.2Pt/c1-36-19-20-38(25-36)31-14-8-16-33(24-31)39-32-15-7-10-28(22-32)34-23-27(17-18-35-34)26-9-6-13-30(21-26)37(2)29-11-4-3-5-12-29;1-2-7-5-3-4-6-7;;/h3-11,13-16,18-20,23H,1-2H3;3-6H;;/q-3;-1;+2;+4. The average molecular weight is 984 g/mol. The molecule has 0 saturated carbocycles. The number of hydrogen-bond acceptors (Lipinski definition) is 3. The number of para-hydroxylation sites is 1. The Hall–Kier alpha value is -5.03. The number of aromatic nitrogens is 2. The van der Waals surface area contributed by atoms with Crippen LogP contribution in [-0.2, 0) is 42.1 Å². The maximum absolute atomic E-state index is 6.57. The Morgan fingerprint density at radius 1 is 0.812 bits per heavy atom. The molecule has 7 rings (SSSR count). The molecule has 0 amide bonds. The summed E-state index contributed by atoms with van der Waals surface area (Å²) in [6.07, 6.45) is 15.6. The van der Waals surface area contributed by atoms with Gasteiger partial charge in [-0.15, -0.1) is 42.0 Å². The molecule has 6 aromatic rings. The fourth-order valence-corrected chi connectivity index (χ4v) is 4.58. The van der Waals surface area contributed by atoms with E-state index in [0.717, 1.165) is 39.4 Å². The largest absolute Gasteiger partial charge is 4.00 e. The van der Waals surface area contributed by atoms with Crippen molar-refractivity contribution in [2.45, 2.75) is 0 Å². The fourth-order valence-electron chi connectivity index (χ4n) is 4.58. The third-order valence-corrected chi connectivity index (χ3v) is 6.91. The van der Waals surface area contributed by atoms with Crippen molar-refractivity contribution in [3.63, 3.8) is 0 Å². The van der Waals surface area contributed by atoms with Gasteiger partial charge in [0.1, 0.15) is 5.69 Å². The number of hydrogen-bond donors (Lipinski definition) is 0. The van der Waals surface area contributed by atoms with Gasteiger partial charge in [0.25, 0.3) is 6.20 Å². The van der Waals surface area contributed by atoms with Crippen LogP contribution in [0, 0.1) is 42.8 Å². The van der Waals surface area contributed by atoms with Gasteiger partial charge in [0, 0.05) is 30.9 Å². The van der Waals surface area contributed by atoms with Gasteiger partial charge in [-0.3, -0.25) is 11.1 Å². The molecule has 0 fully saturated rings. The molecule has 0 atom stereocenters. The predicted octanol–water partition coefficient (Wildman–Crippen LogP) is 7.80. The minimum Gasteiger partial charge on any atom is -0.669 e. The van der Waals surface area contributed by atoms with E-state index in [-0.39, 0.29) is 42.1 Å². The summed E-state index contributed by atoms with van der Waals surface area (Å²) in [7, 11) is 3.93. The first-order valence-corrected chi connectivity index (χ1v) is 14.4. The van der Waals surface area contributed by atoms with Gasteiger partial charge in [-0.2, -0.15) is 42.5 Å². The van der Waals surface area contributed by atoms with Gasteiger partial charge in [0.15, 0.2) is 7.05 Å². The number of ether oxygens (including phenoxy) is 1. The Bertz CT molecular complexity index is 2110. The molecule has 0 spiro atoms. The van der Waals surface area contributed by atoms with E-state index in [2.05, 4.69) is 52.3 Å². The second-order valence-electron chi connectivity index (χ2n) is 10.1. The third kappa shape index (κ3) is 9.06. The monoisotopic (exact) mass is 983 g/mol. The molecule has 2 aromatic heterocycles. The number of nitrogens with zero attached hydrogens (tertiary/aromatic N) is 5. The smallest absolute Gasteiger partial charge is 0.669 e. The normalized spacial score (nSPS) is 11.0. The molecular weight excluding hydrogens is 957 g/mol. The Kier molecular flexibility index (Phi) is 12.8. The van der Waals surface area contributed by atoms with E-state index in [1.54, 1.807) is 23.2 Å². The summed E-state index contributed by atoms with van der Waals surface area (Å²) in [4.78, 5) is 6.61. The molecule has 236 valence electrons. The van der Waals surface area contributed by atoms with Crippen LogP contribution in [0.2, 0.25) is 0 Å². The van der Waals surface area contributed by atoms with Crippen molar-refractivity contribution in [1.82, 2.24) is 9.55 Å². The molecule has 0 radical (unpaired) electrons. The van der Waals surface area contributed by atoms with Crippen molar-refractivity contribution >= 4 is 23.1 Å². The minimum atomic E-state index is 0. The van der Waals surface area contributed by atoms with Crippen LogP contribution in [0.25, 0.3) is 22.4 Å². The number of pyridine rings is 1. The molecule has 0 aliphatic carbocycles. The van der Waals surface area contributed by atoms with Crippen LogP contribution in [0.1, 0.15) is 0 Å². The first-order chi connectivity index (χ1) is 22.6. The fraction of sp³-hybridized carbons (Fsp3) is 0.0500. The van der Waals surface area contributed by atoms with Gasteiger partial charge < -0.3 is 25.6 Å². The van der Waals surface area contributed by atoms with Gasteiger partial charge in [0.2, 0.25) is 6.20 Å². The van der Waals surface area contributed by atoms with Crippen LogP contribution >= 0.6 is 0 Å². The van der Waals surface area contributed by atoms with Crippen LogP contribution < -0.4 is 9.64 Å². The quantitative estimate of drug-likeness (QED) is 0.0932. The average Bonchev–Trinajstić information content (AvgIpc) is 3.81. The Balaban J connectivity index is 0.000000516. The second-order valence-corrected chi connectivity index (χ2v) is 10.1. The summed E-state index contributed by atoms with van der Waals surface area (Å²) in [5.74, 6) is 1.17. The Morgan fingerprint density at radius 3 is 2.25 bits per heavy atom. The topological polar surface area (TPSA) is 36.3 Å². The zero-order chi connectivity index (χ0) is 31.7. The van der Waals surface area contributed by atoms with E-state index in [1.165, 1.54) is 0 Å². The van der Waals surface area contributed by atoms with Crippen molar-refractivity contribution in [2.75, 3.05) is 19.0 Å². The molecule has 0 saturated heterocycles. The molecule has 0 bridgehead atoms. The number of benzene rings is 4. The van der Waals surface area contributed by atoms with E-state index in [9.17, 15) is 0 Å². The Labute approximate surface area is 310 Å². The SMILES string of the molecule is CN(c1[c-]cccc1)c1[c-]c(-c2[c-]cnc(-c3[c-]c(Oc4[c-]c([N+]5=C=[N+](C)C=C5)ccc4)ccc3)c2)ccc1.[C-]#Cn1cccc1.[Pt+2].[Pt+4]. The first-order valence-electron chi connectivity index (χ1n) is 14.4. The molecule has 3 heterocycles. The van der Waals surface area contributed by atoms with Crippen LogP contribution in [0.4, 0.5) is 17.1 Å². The second kappa shape index (κ2) is 17.2. The number of rotatable bonds is 7. The summed E-state index contributed by atoms with van der Waals surface area (Å²) < 4.78 is 11.4. The van der Waals surface area contributed by atoms with Crippen molar-refractivity contribution in [3.8, 4) is 39.9 Å². The van der Waals surface area contributed by atoms with Crippen molar-refractivity contribution in [1.29, 1.82) is 0 Å². The molecular formula is C40H27N5OPt2+2. The Morgan fingerprint density at radius 2 is 1.54 bits per heavy atom. The van der Waals surface area contributed by atoms with E-state index in [4.69, 9.17) is 11.2 Å². The molecule has 4 aromatic carbocycles. The summed E-state index contributed by atoms with van der Waals surface area (Å²) in [6, 6.07) is 53.2. The zero-order valence-corrected chi connectivity index (χ0v) is 30.4. The summed E-state index contributed by atoms with van der Waals surface area (Å²) in [5.41, 5.74) is 6.15. The van der Waals surface area contributed by atoms with E-state index in [0.29, 0.717) is 11.5 Å². The number of anilines is 2. The molecule has 1 aliphatic heterocycles. The summed E-state index contributed by atoms with van der Waals surface area (Å²) >= 11 is 0. The third-order valence-electron chi connectivity index (χ3n) is 6.91. The van der Waals surface area contributed by atoms with Crippen LogP contribution in [0.5, 0.6) is 11.5 Å². The summed E-state index contributed by atoms with van der Waals surface area (Å²) in [5, 5.41) is 0.